The number of ether oxygens (including phenoxy) is 3. The molecule has 180 valence electrons. The number of halogens is 1. The predicted octanol–water partition coefficient (Wildman–Crippen LogP) is 2.83. The number of amides is 1. The van der Waals surface area contributed by atoms with E-state index in [1.165, 1.54) is 12.8 Å². The maximum absolute atomic E-state index is 12.7. The molecule has 9 heteroatoms. The molecule has 1 aliphatic heterocycles. The second-order valence-corrected chi connectivity index (χ2v) is 8.14. The highest BCUT2D eigenvalue weighted by molar-refractivity contribution is 14.0. The Morgan fingerprint density at radius 2 is 1.81 bits per heavy atom. The predicted molar refractivity (Wildman–Crippen MR) is 137 cm³/mol. The molecule has 1 heterocycles. The smallest absolute Gasteiger partial charge is 0.225 e. The van der Waals surface area contributed by atoms with Gasteiger partial charge in [0, 0.05) is 44.2 Å². The van der Waals surface area contributed by atoms with Crippen LogP contribution in [0, 0.1) is 5.92 Å². The molecule has 0 spiro atoms. The fourth-order valence-electron chi connectivity index (χ4n) is 4.57. The Labute approximate surface area is 208 Å². The molecule has 0 aromatic heterocycles. The highest BCUT2D eigenvalue weighted by Crippen LogP contribution is 2.39. The van der Waals surface area contributed by atoms with Gasteiger partial charge in [0.05, 0.1) is 21.3 Å². The average molecular weight is 560 g/mol. The van der Waals surface area contributed by atoms with Gasteiger partial charge < -0.3 is 29.7 Å². The van der Waals surface area contributed by atoms with E-state index < -0.39 is 0 Å². The molecule has 8 nitrogen and oxygen atoms in total. The number of likely N-dealkylation sites (tertiary alicyclic amines) is 1. The normalized spacial score (nSPS) is 18.8. The molecular weight excluding hydrogens is 523 g/mol. The van der Waals surface area contributed by atoms with Crippen molar-refractivity contribution in [3.8, 4) is 17.2 Å². The van der Waals surface area contributed by atoms with Crippen LogP contribution in [-0.2, 0) is 11.2 Å². The van der Waals surface area contributed by atoms with Crippen LogP contribution in [-0.4, -0.2) is 70.8 Å². The Morgan fingerprint density at radius 3 is 2.44 bits per heavy atom. The van der Waals surface area contributed by atoms with E-state index in [4.69, 9.17) is 14.2 Å². The standard InChI is InChI=1S/C23H36N4O4.HI/c1-24-23(26-18-12-14-27(15-18)22(28)17-7-5-6-8-17)25-13-11-16-9-10-19(29-2)21(31-4)20(16)30-3;/h9-10,17-18H,5-8,11-15H2,1-4H3,(H2,24,25,26);1H. The van der Waals surface area contributed by atoms with Crippen molar-refractivity contribution in [2.24, 2.45) is 10.9 Å². The molecule has 32 heavy (non-hydrogen) atoms. The molecule has 2 aliphatic rings. The molecule has 1 amide bonds. The molecular formula is C23H37IN4O4. The van der Waals surface area contributed by atoms with Gasteiger partial charge in [0.25, 0.3) is 0 Å². The Kier molecular flexibility index (Phi) is 10.7. The summed E-state index contributed by atoms with van der Waals surface area (Å²) in [5.41, 5.74) is 1.03. The lowest BCUT2D eigenvalue weighted by atomic mass is 10.1. The lowest BCUT2D eigenvalue weighted by molar-refractivity contribution is -0.134. The van der Waals surface area contributed by atoms with E-state index in [1.807, 2.05) is 17.0 Å². The lowest BCUT2D eigenvalue weighted by Crippen LogP contribution is -2.45. The van der Waals surface area contributed by atoms with Crippen LogP contribution in [0.4, 0.5) is 0 Å². The summed E-state index contributed by atoms with van der Waals surface area (Å²) in [6.45, 7) is 2.26. The number of aliphatic imine (C=N–C) groups is 1. The van der Waals surface area contributed by atoms with Gasteiger partial charge in [-0.05, 0) is 31.7 Å². The zero-order valence-electron chi connectivity index (χ0n) is 19.6. The first-order valence-corrected chi connectivity index (χ1v) is 11.1. The number of rotatable bonds is 8. The SMILES string of the molecule is CN=C(NCCc1ccc(OC)c(OC)c1OC)NC1CCN(C(=O)C2CCCC2)C1.I. The topological polar surface area (TPSA) is 84.4 Å². The molecule has 0 radical (unpaired) electrons. The number of nitrogens with one attached hydrogen (secondary N) is 2. The fourth-order valence-corrected chi connectivity index (χ4v) is 4.57. The van der Waals surface area contributed by atoms with Gasteiger partial charge in [0.2, 0.25) is 11.7 Å². The van der Waals surface area contributed by atoms with Crippen molar-refractivity contribution in [2.75, 3.05) is 48.0 Å². The van der Waals surface area contributed by atoms with E-state index in [1.54, 1.807) is 28.4 Å². The van der Waals surface area contributed by atoms with E-state index in [0.29, 0.717) is 29.7 Å². The van der Waals surface area contributed by atoms with E-state index in [2.05, 4.69) is 15.6 Å². The second kappa shape index (κ2) is 13.0. The molecule has 1 saturated heterocycles. The number of methoxy groups -OCH3 is 3. The van der Waals surface area contributed by atoms with E-state index >= 15 is 0 Å². The van der Waals surface area contributed by atoms with Crippen LogP contribution in [0.3, 0.4) is 0 Å². The van der Waals surface area contributed by atoms with Crippen molar-refractivity contribution in [2.45, 2.75) is 44.6 Å². The summed E-state index contributed by atoms with van der Waals surface area (Å²) in [6.07, 6.45) is 6.16. The summed E-state index contributed by atoms with van der Waals surface area (Å²) < 4.78 is 16.4. The summed E-state index contributed by atoms with van der Waals surface area (Å²) in [5, 5.41) is 6.83. The number of guanidine groups is 1. The molecule has 2 fully saturated rings. The zero-order chi connectivity index (χ0) is 22.2. The third kappa shape index (κ3) is 6.32. The largest absolute Gasteiger partial charge is 0.493 e. The summed E-state index contributed by atoms with van der Waals surface area (Å²) >= 11 is 0. The Bertz CT molecular complexity index is 784. The fraction of sp³-hybridized carbons (Fsp3) is 0.652. The maximum atomic E-state index is 12.7. The highest BCUT2D eigenvalue weighted by atomic mass is 127. The van der Waals surface area contributed by atoms with E-state index in [-0.39, 0.29) is 35.9 Å². The van der Waals surface area contributed by atoms with Gasteiger partial charge in [-0.15, -0.1) is 24.0 Å². The summed E-state index contributed by atoms with van der Waals surface area (Å²) in [4.78, 5) is 19.0. The number of nitrogens with zero attached hydrogens (tertiary/aromatic N) is 2. The molecule has 1 atom stereocenters. The van der Waals surface area contributed by atoms with Gasteiger partial charge in [0.15, 0.2) is 17.5 Å². The van der Waals surface area contributed by atoms with Crippen LogP contribution >= 0.6 is 24.0 Å². The average Bonchev–Trinajstić information content (AvgIpc) is 3.49. The van der Waals surface area contributed by atoms with Gasteiger partial charge >= 0.3 is 0 Å². The number of carbonyl (C=O) groups is 1. The van der Waals surface area contributed by atoms with E-state index in [9.17, 15) is 4.79 Å². The third-order valence-corrected chi connectivity index (χ3v) is 6.24. The van der Waals surface area contributed by atoms with Crippen LogP contribution < -0.4 is 24.8 Å². The second-order valence-electron chi connectivity index (χ2n) is 8.14. The molecule has 1 aromatic rings. The molecule has 0 bridgehead atoms. The molecule has 1 saturated carbocycles. The molecule has 2 N–H and O–H groups in total. The lowest BCUT2D eigenvalue weighted by Gasteiger charge is -2.21. The van der Waals surface area contributed by atoms with Crippen LogP contribution in [0.15, 0.2) is 17.1 Å². The maximum Gasteiger partial charge on any atom is 0.225 e. The quantitative estimate of drug-likeness (QED) is 0.289. The van der Waals surface area contributed by atoms with Gasteiger partial charge in [-0.25, -0.2) is 0 Å². The number of benzene rings is 1. The third-order valence-electron chi connectivity index (χ3n) is 6.24. The number of hydrogen-bond donors (Lipinski definition) is 2. The van der Waals surface area contributed by atoms with Crippen LogP contribution in [0.25, 0.3) is 0 Å². The monoisotopic (exact) mass is 560 g/mol. The minimum atomic E-state index is 0. The molecule has 3 rings (SSSR count). The van der Waals surface area contributed by atoms with E-state index in [0.717, 1.165) is 50.3 Å². The van der Waals surface area contributed by atoms with Crippen LogP contribution in [0.2, 0.25) is 0 Å². The summed E-state index contributed by atoms with van der Waals surface area (Å²) in [5.74, 6) is 3.26. The first kappa shape index (κ1) is 26.3. The van der Waals surface area contributed by atoms with Crippen molar-refractivity contribution in [1.82, 2.24) is 15.5 Å². The first-order valence-electron chi connectivity index (χ1n) is 11.1. The Morgan fingerprint density at radius 1 is 1.09 bits per heavy atom. The summed E-state index contributed by atoms with van der Waals surface area (Å²) in [7, 11) is 6.62. The zero-order valence-corrected chi connectivity index (χ0v) is 21.9. The minimum absolute atomic E-state index is 0. The van der Waals surface area contributed by atoms with Crippen molar-refractivity contribution < 1.29 is 19.0 Å². The van der Waals surface area contributed by atoms with Crippen molar-refractivity contribution >= 4 is 35.8 Å². The molecule has 1 aromatic carbocycles. The number of carbonyl (C=O) groups excluding carboxylic acids is 1. The van der Waals surface area contributed by atoms with Gasteiger partial charge in [0.1, 0.15) is 0 Å². The van der Waals surface area contributed by atoms with Gasteiger partial charge in [-0.1, -0.05) is 18.9 Å². The minimum Gasteiger partial charge on any atom is -0.493 e. The van der Waals surface area contributed by atoms with Crippen LogP contribution in [0.5, 0.6) is 17.2 Å². The van der Waals surface area contributed by atoms with Crippen LogP contribution in [0.1, 0.15) is 37.7 Å². The number of hydrogen-bond acceptors (Lipinski definition) is 5. The molecule has 1 unspecified atom stereocenters. The Hall–Kier alpha value is -1.91. The Balaban J connectivity index is 0.00000363. The van der Waals surface area contributed by atoms with Crippen molar-refractivity contribution in [1.29, 1.82) is 0 Å². The van der Waals surface area contributed by atoms with Gasteiger partial charge in [-0.2, -0.15) is 0 Å². The molecule has 1 aliphatic carbocycles. The first-order chi connectivity index (χ1) is 15.1. The van der Waals surface area contributed by atoms with Crippen molar-refractivity contribution in [3.63, 3.8) is 0 Å². The summed E-state index contributed by atoms with van der Waals surface area (Å²) in [6, 6.07) is 4.10. The van der Waals surface area contributed by atoms with Gasteiger partial charge in [-0.3, -0.25) is 9.79 Å². The highest BCUT2D eigenvalue weighted by Gasteiger charge is 2.32. The van der Waals surface area contributed by atoms with Crippen molar-refractivity contribution in [3.05, 3.63) is 17.7 Å².